The van der Waals surface area contributed by atoms with E-state index in [2.05, 4.69) is 20.8 Å². The van der Waals surface area contributed by atoms with Crippen LogP contribution in [0.2, 0.25) is 0 Å². The summed E-state index contributed by atoms with van der Waals surface area (Å²) >= 11 is 0. The highest BCUT2D eigenvalue weighted by molar-refractivity contribution is 5.77. The number of aliphatic carboxylic acids is 1. The van der Waals surface area contributed by atoms with Crippen molar-refractivity contribution < 1.29 is 14.7 Å². The molecule has 2 atom stereocenters. The van der Waals surface area contributed by atoms with E-state index in [0.717, 1.165) is 32.2 Å². The summed E-state index contributed by atoms with van der Waals surface area (Å²) in [6.07, 6.45) is 5.54. The lowest BCUT2D eigenvalue weighted by atomic mass is 9.93. The van der Waals surface area contributed by atoms with Crippen molar-refractivity contribution in [1.82, 2.24) is 4.90 Å². The molecule has 1 aliphatic heterocycles. The Balaban J connectivity index is 2.51. The predicted molar refractivity (Wildman–Crippen MR) is 79.5 cm³/mol. The maximum Gasteiger partial charge on any atom is 0.303 e. The van der Waals surface area contributed by atoms with Crippen LogP contribution in [0.1, 0.15) is 65.7 Å². The zero-order valence-electron chi connectivity index (χ0n) is 13.1. The maximum atomic E-state index is 12.4. The van der Waals surface area contributed by atoms with Gasteiger partial charge in [-0.05, 0) is 43.9 Å². The lowest BCUT2D eigenvalue weighted by Crippen LogP contribution is -2.44. The van der Waals surface area contributed by atoms with Gasteiger partial charge in [-0.1, -0.05) is 20.8 Å². The molecule has 1 rings (SSSR count). The summed E-state index contributed by atoms with van der Waals surface area (Å²) in [4.78, 5) is 25.1. The SMILES string of the molecule is CC(C)CC(C)CC(=O)N1CCCCC1CCC(=O)O. The largest absolute Gasteiger partial charge is 0.481 e. The van der Waals surface area contributed by atoms with Crippen LogP contribution in [-0.4, -0.2) is 34.5 Å². The van der Waals surface area contributed by atoms with Crippen LogP contribution in [-0.2, 0) is 9.59 Å². The lowest BCUT2D eigenvalue weighted by Gasteiger charge is -2.36. The number of carbonyl (C=O) groups excluding carboxylic acids is 1. The van der Waals surface area contributed by atoms with Gasteiger partial charge in [0.25, 0.3) is 0 Å². The van der Waals surface area contributed by atoms with Crippen molar-refractivity contribution in [3.8, 4) is 0 Å². The van der Waals surface area contributed by atoms with Crippen LogP contribution in [0.3, 0.4) is 0 Å². The molecule has 1 saturated heterocycles. The lowest BCUT2D eigenvalue weighted by molar-refractivity contribution is -0.140. The summed E-state index contributed by atoms with van der Waals surface area (Å²) in [5.74, 6) is 0.468. The second kappa shape index (κ2) is 8.28. The fraction of sp³-hybridized carbons (Fsp3) is 0.875. The Kier molecular flexibility index (Phi) is 7.03. The van der Waals surface area contributed by atoms with Gasteiger partial charge < -0.3 is 10.0 Å². The molecule has 2 unspecified atom stereocenters. The monoisotopic (exact) mass is 283 g/mol. The first-order valence-corrected chi connectivity index (χ1v) is 7.91. The molecule has 0 spiro atoms. The molecule has 116 valence electrons. The number of carbonyl (C=O) groups is 2. The van der Waals surface area contributed by atoms with Gasteiger partial charge in [-0.3, -0.25) is 9.59 Å². The standard InChI is InChI=1S/C16H29NO3/c1-12(2)10-13(3)11-15(18)17-9-5-4-6-14(17)7-8-16(19)20/h12-14H,4-11H2,1-3H3,(H,19,20). The van der Waals surface area contributed by atoms with Crippen molar-refractivity contribution in [1.29, 1.82) is 0 Å². The molecule has 1 heterocycles. The Hall–Kier alpha value is -1.06. The molecule has 20 heavy (non-hydrogen) atoms. The van der Waals surface area contributed by atoms with E-state index in [1.54, 1.807) is 0 Å². The normalized spacial score (nSPS) is 21.0. The molecule has 1 aliphatic rings. The van der Waals surface area contributed by atoms with E-state index in [1.165, 1.54) is 0 Å². The number of amides is 1. The Morgan fingerprint density at radius 2 is 1.95 bits per heavy atom. The van der Waals surface area contributed by atoms with Crippen molar-refractivity contribution in [3.05, 3.63) is 0 Å². The fourth-order valence-corrected chi connectivity index (χ4v) is 3.22. The highest BCUT2D eigenvalue weighted by Gasteiger charge is 2.27. The highest BCUT2D eigenvalue weighted by atomic mass is 16.4. The molecule has 0 aliphatic carbocycles. The van der Waals surface area contributed by atoms with Gasteiger partial charge in [0.2, 0.25) is 5.91 Å². The highest BCUT2D eigenvalue weighted by Crippen LogP contribution is 2.24. The quantitative estimate of drug-likeness (QED) is 0.780. The number of carboxylic acids is 1. The maximum absolute atomic E-state index is 12.4. The van der Waals surface area contributed by atoms with E-state index in [-0.39, 0.29) is 18.4 Å². The molecule has 0 aromatic heterocycles. The van der Waals surface area contributed by atoms with E-state index >= 15 is 0 Å². The van der Waals surface area contributed by atoms with Gasteiger partial charge >= 0.3 is 5.97 Å². The third kappa shape index (κ3) is 5.93. The van der Waals surface area contributed by atoms with Gasteiger partial charge in [0.1, 0.15) is 0 Å². The summed E-state index contributed by atoms with van der Waals surface area (Å²) < 4.78 is 0. The number of carboxylic acid groups (broad SMARTS) is 1. The fourth-order valence-electron chi connectivity index (χ4n) is 3.22. The Bertz CT molecular complexity index is 328. The van der Waals surface area contributed by atoms with Gasteiger partial charge in [0.05, 0.1) is 0 Å². The van der Waals surface area contributed by atoms with Gasteiger partial charge in [-0.25, -0.2) is 0 Å². The Labute approximate surface area is 122 Å². The van der Waals surface area contributed by atoms with Gasteiger partial charge in [-0.15, -0.1) is 0 Å². The summed E-state index contributed by atoms with van der Waals surface area (Å²) in [6.45, 7) is 7.29. The van der Waals surface area contributed by atoms with E-state index < -0.39 is 5.97 Å². The molecule has 4 heteroatoms. The van der Waals surface area contributed by atoms with Crippen molar-refractivity contribution in [3.63, 3.8) is 0 Å². The van der Waals surface area contributed by atoms with E-state index in [9.17, 15) is 9.59 Å². The number of rotatable bonds is 7. The van der Waals surface area contributed by atoms with Crippen molar-refractivity contribution in [2.24, 2.45) is 11.8 Å². The van der Waals surface area contributed by atoms with Gasteiger partial charge in [0, 0.05) is 25.4 Å². The van der Waals surface area contributed by atoms with Crippen molar-refractivity contribution in [2.75, 3.05) is 6.54 Å². The molecule has 0 saturated carbocycles. The Morgan fingerprint density at radius 3 is 2.55 bits per heavy atom. The summed E-state index contributed by atoms with van der Waals surface area (Å²) in [7, 11) is 0. The average Bonchev–Trinajstić information content (AvgIpc) is 2.35. The van der Waals surface area contributed by atoms with Crippen LogP contribution >= 0.6 is 0 Å². The number of hydrogen-bond donors (Lipinski definition) is 1. The minimum absolute atomic E-state index is 0.138. The van der Waals surface area contributed by atoms with Crippen LogP contribution < -0.4 is 0 Å². The molecule has 0 radical (unpaired) electrons. The van der Waals surface area contributed by atoms with Crippen LogP contribution in [0.4, 0.5) is 0 Å². The molecule has 1 fully saturated rings. The molecule has 0 aromatic rings. The predicted octanol–water partition coefficient (Wildman–Crippen LogP) is 3.30. The Morgan fingerprint density at radius 1 is 1.25 bits per heavy atom. The first-order valence-electron chi connectivity index (χ1n) is 7.91. The molecule has 0 aromatic carbocycles. The van der Waals surface area contributed by atoms with Crippen molar-refractivity contribution in [2.45, 2.75) is 71.8 Å². The first-order chi connectivity index (χ1) is 9.40. The zero-order chi connectivity index (χ0) is 15.1. The minimum Gasteiger partial charge on any atom is -0.481 e. The van der Waals surface area contributed by atoms with Crippen LogP contribution in [0, 0.1) is 11.8 Å². The second-order valence-corrected chi connectivity index (χ2v) is 6.61. The van der Waals surface area contributed by atoms with Crippen LogP contribution in [0.25, 0.3) is 0 Å². The minimum atomic E-state index is -0.767. The molecule has 0 bridgehead atoms. The third-order valence-corrected chi connectivity index (χ3v) is 4.04. The third-order valence-electron chi connectivity index (χ3n) is 4.04. The van der Waals surface area contributed by atoms with E-state index in [4.69, 9.17) is 5.11 Å². The van der Waals surface area contributed by atoms with Crippen molar-refractivity contribution >= 4 is 11.9 Å². The number of hydrogen-bond acceptors (Lipinski definition) is 2. The average molecular weight is 283 g/mol. The first kappa shape index (κ1) is 17.0. The van der Waals surface area contributed by atoms with Crippen LogP contribution in [0.5, 0.6) is 0 Å². The number of nitrogens with zero attached hydrogens (tertiary/aromatic N) is 1. The van der Waals surface area contributed by atoms with Gasteiger partial charge in [-0.2, -0.15) is 0 Å². The molecular formula is C16H29NO3. The molecule has 1 amide bonds. The molecular weight excluding hydrogens is 254 g/mol. The molecule has 1 N–H and O–H groups in total. The summed E-state index contributed by atoms with van der Waals surface area (Å²) in [6, 6.07) is 0.138. The summed E-state index contributed by atoms with van der Waals surface area (Å²) in [5.41, 5.74) is 0. The topological polar surface area (TPSA) is 57.6 Å². The summed E-state index contributed by atoms with van der Waals surface area (Å²) in [5, 5.41) is 8.81. The van der Waals surface area contributed by atoms with E-state index in [0.29, 0.717) is 24.7 Å². The molecule has 4 nitrogen and oxygen atoms in total. The second-order valence-electron chi connectivity index (χ2n) is 6.61. The van der Waals surface area contributed by atoms with Crippen LogP contribution in [0.15, 0.2) is 0 Å². The zero-order valence-corrected chi connectivity index (χ0v) is 13.1. The number of piperidine rings is 1. The van der Waals surface area contributed by atoms with E-state index in [1.807, 2.05) is 4.90 Å². The smallest absolute Gasteiger partial charge is 0.303 e. The van der Waals surface area contributed by atoms with Gasteiger partial charge in [0.15, 0.2) is 0 Å². The number of likely N-dealkylation sites (tertiary alicyclic amines) is 1.